The van der Waals surface area contributed by atoms with E-state index >= 15 is 0 Å². The first-order valence-electron chi connectivity index (χ1n) is 11.2. The fraction of sp³-hybridized carbons (Fsp3) is 0.833. The Labute approximate surface area is 170 Å². The Morgan fingerprint density at radius 3 is 1.25 bits per heavy atom. The predicted octanol–water partition coefficient (Wildman–Crippen LogP) is 5.87. The highest BCUT2D eigenvalue weighted by Crippen LogP contribution is 2.47. The van der Waals surface area contributed by atoms with Crippen molar-refractivity contribution in [2.45, 2.75) is 80.1 Å². The lowest BCUT2D eigenvalue weighted by Crippen LogP contribution is -2.37. The molecule has 0 bridgehead atoms. The summed E-state index contributed by atoms with van der Waals surface area (Å²) >= 11 is 0. The van der Waals surface area contributed by atoms with E-state index in [9.17, 15) is 19.8 Å². The Morgan fingerprint density at radius 2 is 1.00 bits per heavy atom. The third-order valence-electron chi connectivity index (χ3n) is 7.54. The molecule has 0 aromatic carbocycles. The molecular weight excluding hydrogens is 352 g/mol. The number of hydrogen-bond acceptors (Lipinski definition) is 2. The monoisotopic (exact) mass is 392 g/mol. The highest BCUT2D eigenvalue weighted by Gasteiger charge is 2.43. The standard InChI is InChI=1S/C24H40O4/c1-13(2)17-9-7-15(5)11-19(17)21(23(25)26)22(24(27)28)20-12-16(6)8-10-18(20)14(3)4/h13-20H,7-12H2,1-6H3,(H,25,26)(H,27,28)/b22-21-. The van der Waals surface area contributed by atoms with Crippen molar-refractivity contribution in [3.63, 3.8) is 0 Å². The maximum atomic E-state index is 12.5. The summed E-state index contributed by atoms with van der Waals surface area (Å²) in [7, 11) is 0. The summed E-state index contributed by atoms with van der Waals surface area (Å²) in [6.45, 7) is 12.9. The normalized spacial score (nSPS) is 35.0. The van der Waals surface area contributed by atoms with Crippen LogP contribution in [-0.2, 0) is 9.59 Å². The molecule has 0 heterocycles. The summed E-state index contributed by atoms with van der Waals surface area (Å²) in [4.78, 5) is 25.0. The van der Waals surface area contributed by atoms with Crippen LogP contribution < -0.4 is 0 Å². The smallest absolute Gasteiger partial charge is 0.332 e. The van der Waals surface area contributed by atoms with Crippen LogP contribution in [-0.4, -0.2) is 22.2 Å². The van der Waals surface area contributed by atoms with Crippen LogP contribution >= 0.6 is 0 Å². The number of rotatable bonds is 6. The van der Waals surface area contributed by atoms with Crippen LogP contribution in [0, 0.1) is 47.3 Å². The van der Waals surface area contributed by atoms with E-state index in [-0.39, 0.29) is 34.8 Å². The first-order chi connectivity index (χ1) is 13.0. The quantitative estimate of drug-likeness (QED) is 0.554. The average molecular weight is 393 g/mol. The summed E-state index contributed by atoms with van der Waals surface area (Å²) in [5.41, 5.74) is 0.449. The van der Waals surface area contributed by atoms with Gasteiger partial charge in [-0.25, -0.2) is 9.59 Å². The van der Waals surface area contributed by atoms with Crippen LogP contribution in [0.15, 0.2) is 11.1 Å². The number of carboxylic acid groups (broad SMARTS) is 2. The second kappa shape index (κ2) is 9.45. The lowest BCUT2D eigenvalue weighted by molar-refractivity contribution is -0.137. The van der Waals surface area contributed by atoms with E-state index in [0.717, 1.165) is 38.5 Å². The average Bonchev–Trinajstić information content (AvgIpc) is 2.58. The van der Waals surface area contributed by atoms with Gasteiger partial charge in [-0.3, -0.25) is 0 Å². The Kier molecular flexibility index (Phi) is 7.75. The molecule has 0 spiro atoms. The first-order valence-corrected chi connectivity index (χ1v) is 11.2. The van der Waals surface area contributed by atoms with Gasteiger partial charge in [0.25, 0.3) is 0 Å². The second-order valence-corrected chi connectivity index (χ2v) is 10.3. The maximum absolute atomic E-state index is 12.5. The number of hydrogen-bond donors (Lipinski definition) is 2. The van der Waals surface area contributed by atoms with Gasteiger partial charge in [-0.05, 0) is 73.0 Å². The molecule has 0 aromatic rings. The van der Waals surface area contributed by atoms with Gasteiger partial charge in [-0.2, -0.15) is 0 Å². The molecule has 0 aromatic heterocycles. The van der Waals surface area contributed by atoms with Gasteiger partial charge in [-0.1, -0.05) is 54.4 Å². The second-order valence-electron chi connectivity index (χ2n) is 10.3. The maximum Gasteiger partial charge on any atom is 0.332 e. The van der Waals surface area contributed by atoms with Gasteiger partial charge in [0.15, 0.2) is 0 Å². The fourth-order valence-electron chi connectivity index (χ4n) is 6.02. The lowest BCUT2D eigenvalue weighted by atomic mass is 9.62. The van der Waals surface area contributed by atoms with Gasteiger partial charge in [0.1, 0.15) is 0 Å². The molecule has 28 heavy (non-hydrogen) atoms. The van der Waals surface area contributed by atoms with Gasteiger partial charge in [0.05, 0.1) is 11.1 Å². The molecule has 0 aliphatic heterocycles. The van der Waals surface area contributed by atoms with Crippen LogP contribution in [0.1, 0.15) is 80.1 Å². The van der Waals surface area contributed by atoms with E-state index in [1.165, 1.54) is 0 Å². The van der Waals surface area contributed by atoms with Crippen molar-refractivity contribution < 1.29 is 19.8 Å². The molecule has 6 unspecified atom stereocenters. The van der Waals surface area contributed by atoms with E-state index in [2.05, 4.69) is 41.5 Å². The number of aliphatic carboxylic acids is 2. The van der Waals surface area contributed by atoms with Crippen molar-refractivity contribution in [1.29, 1.82) is 0 Å². The molecule has 6 atom stereocenters. The zero-order valence-electron chi connectivity index (χ0n) is 18.6. The van der Waals surface area contributed by atoms with Gasteiger partial charge in [-0.15, -0.1) is 0 Å². The minimum absolute atomic E-state index is 0.155. The van der Waals surface area contributed by atoms with Crippen LogP contribution in [0.2, 0.25) is 0 Å². The molecule has 2 fully saturated rings. The zero-order valence-corrected chi connectivity index (χ0v) is 18.6. The highest BCUT2D eigenvalue weighted by molar-refractivity contribution is 5.99. The molecule has 2 aliphatic carbocycles. The molecule has 0 amide bonds. The summed E-state index contributed by atoms with van der Waals surface area (Å²) in [6, 6.07) is 0. The topological polar surface area (TPSA) is 74.6 Å². The summed E-state index contributed by atoms with van der Waals surface area (Å²) in [5, 5.41) is 20.5. The lowest BCUT2D eigenvalue weighted by Gasteiger charge is -2.41. The highest BCUT2D eigenvalue weighted by atomic mass is 16.4. The summed E-state index contributed by atoms with van der Waals surface area (Å²) in [5.74, 6) is -0.252. The largest absolute Gasteiger partial charge is 0.478 e. The molecule has 2 N–H and O–H groups in total. The molecule has 160 valence electrons. The summed E-state index contributed by atoms with van der Waals surface area (Å²) < 4.78 is 0. The van der Waals surface area contributed by atoms with Gasteiger partial charge in [0, 0.05) is 0 Å². The van der Waals surface area contributed by atoms with Crippen molar-refractivity contribution in [1.82, 2.24) is 0 Å². The molecular formula is C24H40O4. The number of carboxylic acids is 2. The third kappa shape index (κ3) is 4.99. The Hall–Kier alpha value is -1.32. The van der Waals surface area contributed by atoms with E-state index in [1.807, 2.05) is 0 Å². The number of carbonyl (C=O) groups is 2. The van der Waals surface area contributed by atoms with Crippen molar-refractivity contribution >= 4 is 11.9 Å². The zero-order chi connectivity index (χ0) is 21.2. The van der Waals surface area contributed by atoms with Gasteiger partial charge < -0.3 is 10.2 Å². The van der Waals surface area contributed by atoms with E-state index < -0.39 is 11.9 Å². The van der Waals surface area contributed by atoms with Gasteiger partial charge >= 0.3 is 11.9 Å². The molecule has 4 heteroatoms. The van der Waals surface area contributed by atoms with E-state index in [0.29, 0.717) is 23.7 Å². The van der Waals surface area contributed by atoms with Crippen LogP contribution in [0.5, 0.6) is 0 Å². The van der Waals surface area contributed by atoms with Crippen LogP contribution in [0.4, 0.5) is 0 Å². The van der Waals surface area contributed by atoms with Crippen molar-refractivity contribution in [3.8, 4) is 0 Å². The summed E-state index contributed by atoms with van der Waals surface area (Å²) in [6.07, 6.45) is 5.75. The molecule has 0 saturated heterocycles. The minimum atomic E-state index is -1.01. The fourth-order valence-corrected chi connectivity index (χ4v) is 6.02. The van der Waals surface area contributed by atoms with Crippen molar-refractivity contribution in [2.75, 3.05) is 0 Å². The SMILES string of the molecule is CC1CCC(C(C)C)C(/C(C(=O)O)=C(/C(=O)O)C2CC(C)CCC2C(C)C)C1. The van der Waals surface area contributed by atoms with E-state index in [4.69, 9.17) is 0 Å². The Bertz CT molecular complexity index is 552. The van der Waals surface area contributed by atoms with Crippen molar-refractivity contribution in [3.05, 3.63) is 11.1 Å². The molecule has 2 rings (SSSR count). The minimum Gasteiger partial charge on any atom is -0.478 e. The third-order valence-corrected chi connectivity index (χ3v) is 7.54. The Morgan fingerprint density at radius 1 is 0.679 bits per heavy atom. The molecule has 4 nitrogen and oxygen atoms in total. The van der Waals surface area contributed by atoms with Crippen LogP contribution in [0.25, 0.3) is 0 Å². The Balaban J connectivity index is 2.62. The molecule has 2 aliphatic rings. The van der Waals surface area contributed by atoms with Crippen molar-refractivity contribution in [2.24, 2.45) is 47.3 Å². The van der Waals surface area contributed by atoms with Gasteiger partial charge in [0.2, 0.25) is 0 Å². The first kappa shape index (κ1) is 23.0. The van der Waals surface area contributed by atoms with E-state index in [1.54, 1.807) is 0 Å². The molecule has 2 saturated carbocycles. The molecule has 0 radical (unpaired) electrons. The van der Waals surface area contributed by atoms with Crippen LogP contribution in [0.3, 0.4) is 0 Å². The predicted molar refractivity (Wildman–Crippen MR) is 112 cm³/mol.